The lowest BCUT2D eigenvalue weighted by molar-refractivity contribution is -0.139. The van der Waals surface area contributed by atoms with Gasteiger partial charge < -0.3 is 15.2 Å². The van der Waals surface area contributed by atoms with Crippen LogP contribution in [0.4, 0.5) is 37.7 Å². The normalized spacial score (nSPS) is 11.7. The van der Waals surface area contributed by atoms with Crippen molar-refractivity contribution in [2.24, 2.45) is 0 Å². The summed E-state index contributed by atoms with van der Waals surface area (Å²) in [5, 5.41) is 4.67. The van der Waals surface area contributed by atoms with Crippen LogP contribution in [0.1, 0.15) is 21.5 Å². The lowest BCUT2D eigenvalue weighted by atomic mass is 10.1. The third kappa shape index (κ3) is 6.03. The lowest BCUT2D eigenvalue weighted by Crippen LogP contribution is -2.32. The van der Waals surface area contributed by atoms with Crippen LogP contribution < -0.4 is 16.2 Å². The zero-order valence-corrected chi connectivity index (χ0v) is 17.0. The van der Waals surface area contributed by atoms with Crippen molar-refractivity contribution in [2.75, 3.05) is 10.6 Å². The Balaban J connectivity index is 1.71. The van der Waals surface area contributed by atoms with Gasteiger partial charge in [0.25, 0.3) is 11.5 Å². The third-order valence-corrected chi connectivity index (χ3v) is 4.50. The van der Waals surface area contributed by atoms with Crippen LogP contribution in [-0.4, -0.2) is 16.4 Å². The fraction of sp³-hybridized carbons (Fsp3) is 0.136. The molecule has 2 aromatic carbocycles. The van der Waals surface area contributed by atoms with E-state index in [0.29, 0.717) is 10.6 Å². The second-order valence-electron chi connectivity index (χ2n) is 7.01. The highest BCUT2D eigenvalue weighted by atomic mass is 19.4. The Morgan fingerprint density at radius 3 is 2.09 bits per heavy atom. The van der Waals surface area contributed by atoms with Crippen molar-refractivity contribution >= 4 is 23.2 Å². The van der Waals surface area contributed by atoms with E-state index < -0.39 is 47.4 Å². The van der Waals surface area contributed by atoms with E-state index in [1.165, 1.54) is 30.3 Å². The zero-order valence-electron chi connectivity index (χ0n) is 17.0. The van der Waals surface area contributed by atoms with Crippen LogP contribution in [0.3, 0.4) is 0 Å². The highest BCUT2D eigenvalue weighted by Gasteiger charge is 2.34. The minimum atomic E-state index is -4.88. The van der Waals surface area contributed by atoms with Crippen LogP contribution in [0.25, 0.3) is 0 Å². The van der Waals surface area contributed by atoms with Crippen LogP contribution in [-0.2, 0) is 23.7 Å². The van der Waals surface area contributed by atoms with E-state index in [1.54, 1.807) is 0 Å². The van der Waals surface area contributed by atoms with E-state index in [9.17, 15) is 40.7 Å². The molecule has 0 aliphatic carbocycles. The summed E-state index contributed by atoms with van der Waals surface area (Å²) < 4.78 is 77.7. The smallest absolute Gasteiger partial charge is 0.325 e. The molecule has 0 spiro atoms. The lowest BCUT2D eigenvalue weighted by Gasteiger charge is -2.12. The third-order valence-electron chi connectivity index (χ3n) is 4.50. The number of hydrogen-bond acceptors (Lipinski definition) is 3. The highest BCUT2D eigenvalue weighted by Crippen LogP contribution is 2.31. The molecule has 1 heterocycles. The first kappa shape index (κ1) is 24.6. The molecule has 6 nitrogen and oxygen atoms in total. The standard InChI is InChI=1S/C22H15F6N3O3/c23-21(24,25)14-5-2-7-16(11-14)30-19(33)13-4-1-6-15(10-13)29-18(32)12-31-9-3-8-17(20(31)34)22(26,27)28/h1-11H,12H2,(H,29,32)(H,30,33). The van der Waals surface area contributed by atoms with Gasteiger partial charge in [0.15, 0.2) is 0 Å². The monoisotopic (exact) mass is 483 g/mol. The molecule has 0 radical (unpaired) electrons. The first-order valence-electron chi connectivity index (χ1n) is 9.50. The van der Waals surface area contributed by atoms with Gasteiger partial charge in [-0.2, -0.15) is 26.3 Å². The number of pyridine rings is 1. The van der Waals surface area contributed by atoms with Crippen molar-refractivity contribution < 1.29 is 35.9 Å². The predicted octanol–water partition coefficient (Wildman–Crippen LogP) is 4.78. The average molecular weight is 483 g/mol. The fourth-order valence-corrected chi connectivity index (χ4v) is 2.95. The summed E-state index contributed by atoms with van der Waals surface area (Å²) in [6.07, 6.45) is -8.44. The Bertz CT molecular complexity index is 1280. The van der Waals surface area contributed by atoms with E-state index in [1.807, 2.05) is 0 Å². The summed E-state index contributed by atoms with van der Waals surface area (Å²) >= 11 is 0. The molecule has 0 saturated carbocycles. The second kappa shape index (κ2) is 9.41. The van der Waals surface area contributed by atoms with Gasteiger partial charge in [-0.15, -0.1) is 0 Å². The molecule has 1 aromatic heterocycles. The molecule has 2 amide bonds. The van der Waals surface area contributed by atoms with Crippen molar-refractivity contribution in [1.29, 1.82) is 0 Å². The maximum atomic E-state index is 12.9. The van der Waals surface area contributed by atoms with E-state index in [4.69, 9.17) is 0 Å². The minimum absolute atomic E-state index is 0.00792. The molecular formula is C22H15F6N3O3. The molecule has 0 bridgehead atoms. The number of hydrogen-bond donors (Lipinski definition) is 2. The molecule has 0 fully saturated rings. The largest absolute Gasteiger partial charge is 0.421 e. The summed E-state index contributed by atoms with van der Waals surface area (Å²) in [6, 6.07) is 10.9. The van der Waals surface area contributed by atoms with Gasteiger partial charge in [-0.3, -0.25) is 14.4 Å². The molecular weight excluding hydrogens is 468 g/mol. The zero-order chi connectivity index (χ0) is 25.1. The molecule has 3 aromatic rings. The number of rotatable bonds is 5. The number of nitrogens with zero attached hydrogens (tertiary/aromatic N) is 1. The Kier molecular flexibility index (Phi) is 6.80. The fourth-order valence-electron chi connectivity index (χ4n) is 2.95. The van der Waals surface area contributed by atoms with Crippen LogP contribution in [0.15, 0.2) is 71.7 Å². The summed E-state index contributed by atoms with van der Waals surface area (Å²) in [5.41, 5.74) is -3.78. The first-order valence-corrected chi connectivity index (χ1v) is 9.50. The van der Waals surface area contributed by atoms with Crippen LogP contribution in [0, 0.1) is 0 Å². The molecule has 178 valence electrons. The predicted molar refractivity (Wildman–Crippen MR) is 110 cm³/mol. The quantitative estimate of drug-likeness (QED) is 0.513. The Labute approximate surface area is 187 Å². The highest BCUT2D eigenvalue weighted by molar-refractivity contribution is 6.05. The average Bonchev–Trinajstić information content (AvgIpc) is 2.74. The second-order valence-corrected chi connectivity index (χ2v) is 7.01. The Morgan fingerprint density at radius 1 is 0.794 bits per heavy atom. The molecule has 0 saturated heterocycles. The molecule has 34 heavy (non-hydrogen) atoms. The SMILES string of the molecule is O=C(Cn1cccc(C(F)(F)F)c1=O)Nc1cccc(C(=O)Nc2cccc(C(F)(F)F)c2)c1. The van der Waals surface area contributed by atoms with Gasteiger partial charge in [0, 0.05) is 23.1 Å². The Hall–Kier alpha value is -4.09. The summed E-state index contributed by atoms with van der Waals surface area (Å²) in [5.74, 6) is -1.60. The number of benzene rings is 2. The van der Waals surface area contributed by atoms with Crippen molar-refractivity contribution in [3.05, 3.63) is 93.9 Å². The summed E-state index contributed by atoms with van der Waals surface area (Å²) in [6.45, 7) is -0.719. The van der Waals surface area contributed by atoms with E-state index in [2.05, 4.69) is 10.6 Å². The first-order chi connectivity index (χ1) is 15.8. The van der Waals surface area contributed by atoms with Gasteiger partial charge in [0.05, 0.1) is 5.56 Å². The van der Waals surface area contributed by atoms with Gasteiger partial charge >= 0.3 is 12.4 Å². The number of carbonyl (C=O) groups is 2. The van der Waals surface area contributed by atoms with Crippen LogP contribution in [0.2, 0.25) is 0 Å². The van der Waals surface area contributed by atoms with E-state index in [-0.39, 0.29) is 16.9 Å². The molecule has 12 heteroatoms. The van der Waals surface area contributed by atoms with Crippen molar-refractivity contribution in [3.63, 3.8) is 0 Å². The summed E-state index contributed by atoms with van der Waals surface area (Å²) in [7, 11) is 0. The van der Waals surface area contributed by atoms with Gasteiger partial charge in [-0.25, -0.2) is 0 Å². The number of amides is 2. The molecule has 0 aliphatic heterocycles. The number of nitrogens with one attached hydrogen (secondary N) is 2. The number of anilines is 2. The van der Waals surface area contributed by atoms with E-state index in [0.717, 1.165) is 30.5 Å². The molecule has 3 rings (SSSR count). The number of halogens is 6. The van der Waals surface area contributed by atoms with Crippen molar-refractivity contribution in [3.8, 4) is 0 Å². The maximum absolute atomic E-state index is 12.9. The topological polar surface area (TPSA) is 80.2 Å². The van der Waals surface area contributed by atoms with E-state index >= 15 is 0 Å². The number of carbonyl (C=O) groups excluding carboxylic acids is 2. The molecule has 0 atom stereocenters. The van der Waals surface area contributed by atoms with Gasteiger partial charge in [-0.05, 0) is 48.5 Å². The van der Waals surface area contributed by atoms with Gasteiger partial charge in [0.1, 0.15) is 12.1 Å². The van der Waals surface area contributed by atoms with Gasteiger partial charge in [-0.1, -0.05) is 12.1 Å². The molecule has 2 N–H and O–H groups in total. The maximum Gasteiger partial charge on any atom is 0.421 e. The Morgan fingerprint density at radius 2 is 1.44 bits per heavy atom. The minimum Gasteiger partial charge on any atom is -0.325 e. The molecule has 0 unspecified atom stereocenters. The number of alkyl halides is 6. The van der Waals surface area contributed by atoms with Crippen molar-refractivity contribution in [2.45, 2.75) is 18.9 Å². The summed E-state index contributed by atoms with van der Waals surface area (Å²) in [4.78, 5) is 36.6. The van der Waals surface area contributed by atoms with Gasteiger partial charge in [0.2, 0.25) is 5.91 Å². The van der Waals surface area contributed by atoms with Crippen LogP contribution in [0.5, 0.6) is 0 Å². The number of aromatic nitrogens is 1. The van der Waals surface area contributed by atoms with Crippen LogP contribution >= 0.6 is 0 Å². The molecule has 0 aliphatic rings. The van der Waals surface area contributed by atoms with Crippen molar-refractivity contribution in [1.82, 2.24) is 4.57 Å².